The average Bonchev–Trinajstić information content (AvgIpc) is 3.45. The van der Waals surface area contributed by atoms with Gasteiger partial charge in [0, 0.05) is 12.2 Å². The third kappa shape index (κ3) is 4.86. The van der Waals surface area contributed by atoms with E-state index < -0.39 is 0 Å². The van der Waals surface area contributed by atoms with Crippen LogP contribution in [0.2, 0.25) is 5.02 Å². The summed E-state index contributed by atoms with van der Waals surface area (Å²) in [7, 11) is 2.06. The Balaban J connectivity index is 1.43. The molecule has 1 atom stereocenters. The van der Waals surface area contributed by atoms with Gasteiger partial charge < -0.3 is 13.7 Å². The molecule has 0 bridgehead atoms. The van der Waals surface area contributed by atoms with Gasteiger partial charge in [-0.25, -0.2) is 0 Å². The van der Waals surface area contributed by atoms with Crippen LogP contribution in [0.15, 0.2) is 46.0 Å². The lowest BCUT2D eigenvalue weighted by atomic mass is 10.2. The van der Waals surface area contributed by atoms with Crippen LogP contribution in [0, 0.1) is 0 Å². The smallest absolute Gasteiger partial charge is 0.191 e. The van der Waals surface area contributed by atoms with Crippen molar-refractivity contribution in [3.63, 3.8) is 0 Å². The van der Waals surface area contributed by atoms with Gasteiger partial charge in [-0.15, -0.1) is 10.2 Å². The number of benzene rings is 1. The molecule has 3 aromatic rings. The zero-order valence-electron chi connectivity index (χ0n) is 16.7. The lowest BCUT2D eigenvalue weighted by Crippen LogP contribution is -2.23. The molecule has 0 aliphatic carbocycles. The second-order valence-corrected chi connectivity index (χ2v) is 8.45. The van der Waals surface area contributed by atoms with Gasteiger partial charge in [0.1, 0.15) is 17.3 Å². The first-order chi connectivity index (χ1) is 14.1. The largest absolute Gasteiger partial charge is 0.460 e. The summed E-state index contributed by atoms with van der Waals surface area (Å²) < 4.78 is 14.0. The number of hydrogen-bond acceptors (Lipinski definition) is 6. The van der Waals surface area contributed by atoms with Crippen molar-refractivity contribution in [2.45, 2.75) is 43.7 Å². The zero-order chi connectivity index (χ0) is 20.2. The maximum Gasteiger partial charge on any atom is 0.191 e. The molecule has 6 nitrogen and oxygen atoms in total. The molecule has 1 aromatic carbocycles. The molecule has 1 aliphatic heterocycles. The number of hydrogen-bond donors (Lipinski definition) is 0. The summed E-state index contributed by atoms with van der Waals surface area (Å²) in [5.74, 6) is 2.62. The number of thioether (sulfide) groups is 1. The van der Waals surface area contributed by atoms with E-state index in [1.807, 2.05) is 42.7 Å². The third-order valence-corrected chi connectivity index (χ3v) is 6.02. The fraction of sp³-hybridized carbons (Fsp3) is 0.429. The Morgan fingerprint density at radius 3 is 2.83 bits per heavy atom. The summed E-state index contributed by atoms with van der Waals surface area (Å²) in [6.45, 7) is 3.01. The summed E-state index contributed by atoms with van der Waals surface area (Å²) in [5.41, 5.74) is 0.906. The molecule has 4 rings (SSSR count). The highest BCUT2D eigenvalue weighted by Gasteiger charge is 2.21. The summed E-state index contributed by atoms with van der Waals surface area (Å²) in [4.78, 5) is 2.18. The molecule has 1 fully saturated rings. The Labute approximate surface area is 180 Å². The van der Waals surface area contributed by atoms with Gasteiger partial charge in [0.2, 0.25) is 0 Å². The van der Waals surface area contributed by atoms with Crippen molar-refractivity contribution < 1.29 is 9.15 Å². The summed E-state index contributed by atoms with van der Waals surface area (Å²) in [5, 5.41) is 10.4. The van der Waals surface area contributed by atoms with Gasteiger partial charge in [-0.05, 0) is 50.4 Å². The van der Waals surface area contributed by atoms with Gasteiger partial charge in [0.25, 0.3) is 0 Å². The van der Waals surface area contributed by atoms with Gasteiger partial charge >= 0.3 is 0 Å². The lowest BCUT2D eigenvalue weighted by Gasteiger charge is -2.18. The molecule has 8 heteroatoms. The van der Waals surface area contributed by atoms with Gasteiger partial charge in [-0.1, -0.05) is 35.5 Å². The fourth-order valence-corrected chi connectivity index (χ4v) is 4.35. The van der Waals surface area contributed by atoms with E-state index in [9.17, 15) is 0 Å². The first-order valence-electron chi connectivity index (χ1n) is 9.74. The van der Waals surface area contributed by atoms with Crippen LogP contribution in [-0.4, -0.2) is 45.7 Å². The number of ether oxygens (including phenoxy) is 1. The SMILES string of the molecule is CSc1nnc(CN(C)Cc2ccc(-c3ccccc3Cl)o2)n1C[C@H]1CCCO1. The van der Waals surface area contributed by atoms with Crippen molar-refractivity contribution >= 4 is 23.4 Å². The van der Waals surface area contributed by atoms with E-state index in [1.54, 1.807) is 11.8 Å². The normalized spacial score (nSPS) is 16.8. The van der Waals surface area contributed by atoms with Crippen molar-refractivity contribution in [1.82, 2.24) is 19.7 Å². The maximum atomic E-state index is 6.28. The van der Waals surface area contributed by atoms with Gasteiger partial charge in [0.15, 0.2) is 5.16 Å². The average molecular weight is 433 g/mol. The second kappa shape index (κ2) is 9.34. The van der Waals surface area contributed by atoms with Crippen molar-refractivity contribution in [3.8, 4) is 11.3 Å². The van der Waals surface area contributed by atoms with Crippen LogP contribution < -0.4 is 0 Å². The molecule has 154 valence electrons. The van der Waals surface area contributed by atoms with Crippen LogP contribution in [0.4, 0.5) is 0 Å². The third-order valence-electron chi connectivity index (χ3n) is 5.02. The summed E-state index contributed by atoms with van der Waals surface area (Å²) in [6.07, 6.45) is 4.51. The van der Waals surface area contributed by atoms with Crippen LogP contribution in [0.1, 0.15) is 24.4 Å². The van der Waals surface area contributed by atoms with E-state index in [1.165, 1.54) is 0 Å². The lowest BCUT2D eigenvalue weighted by molar-refractivity contribution is 0.0934. The summed E-state index contributed by atoms with van der Waals surface area (Å²) in [6, 6.07) is 11.7. The monoisotopic (exact) mass is 432 g/mol. The number of aromatic nitrogens is 3. The number of halogens is 1. The first kappa shape index (κ1) is 20.5. The minimum absolute atomic E-state index is 0.254. The molecule has 0 radical (unpaired) electrons. The van der Waals surface area contributed by atoms with Gasteiger partial charge in [-0.3, -0.25) is 4.90 Å². The highest BCUT2D eigenvalue weighted by molar-refractivity contribution is 7.98. The van der Waals surface area contributed by atoms with E-state index in [4.69, 9.17) is 20.8 Å². The number of furan rings is 1. The minimum atomic E-state index is 0.254. The van der Waals surface area contributed by atoms with Gasteiger partial charge in [0.05, 0.1) is 30.8 Å². The molecule has 2 aromatic heterocycles. The molecule has 0 amide bonds. The quantitative estimate of drug-likeness (QED) is 0.480. The molecular weight excluding hydrogens is 408 g/mol. The number of rotatable bonds is 8. The van der Waals surface area contributed by atoms with E-state index >= 15 is 0 Å². The van der Waals surface area contributed by atoms with Crippen LogP contribution in [0.3, 0.4) is 0 Å². The van der Waals surface area contributed by atoms with Crippen molar-refractivity contribution in [1.29, 1.82) is 0 Å². The van der Waals surface area contributed by atoms with Gasteiger partial charge in [-0.2, -0.15) is 0 Å². The van der Waals surface area contributed by atoms with E-state index in [-0.39, 0.29) is 6.10 Å². The summed E-state index contributed by atoms with van der Waals surface area (Å²) >= 11 is 7.90. The molecule has 0 saturated carbocycles. The van der Waals surface area contributed by atoms with Crippen LogP contribution in [-0.2, 0) is 24.4 Å². The molecule has 0 N–H and O–H groups in total. The number of nitrogens with zero attached hydrogens (tertiary/aromatic N) is 4. The van der Waals surface area contributed by atoms with Crippen LogP contribution in [0.5, 0.6) is 0 Å². The van der Waals surface area contributed by atoms with Crippen molar-refractivity contribution in [3.05, 3.63) is 53.0 Å². The van der Waals surface area contributed by atoms with Crippen LogP contribution >= 0.6 is 23.4 Å². The van der Waals surface area contributed by atoms with E-state index in [0.717, 1.165) is 54.1 Å². The Kier molecular flexibility index (Phi) is 6.60. The fourth-order valence-electron chi connectivity index (χ4n) is 3.59. The van der Waals surface area contributed by atoms with Crippen LogP contribution in [0.25, 0.3) is 11.3 Å². The Morgan fingerprint density at radius 1 is 1.21 bits per heavy atom. The maximum absolute atomic E-state index is 6.28. The Hall–Kier alpha value is -1.80. The molecule has 1 aliphatic rings. The second-order valence-electron chi connectivity index (χ2n) is 7.27. The first-order valence-corrected chi connectivity index (χ1v) is 11.3. The molecule has 0 unspecified atom stereocenters. The van der Waals surface area contributed by atoms with E-state index in [0.29, 0.717) is 18.1 Å². The minimum Gasteiger partial charge on any atom is -0.460 e. The highest BCUT2D eigenvalue weighted by atomic mass is 35.5. The Morgan fingerprint density at radius 2 is 2.07 bits per heavy atom. The topological polar surface area (TPSA) is 56.3 Å². The highest BCUT2D eigenvalue weighted by Crippen LogP contribution is 2.29. The zero-order valence-corrected chi connectivity index (χ0v) is 18.2. The van der Waals surface area contributed by atoms with E-state index in [2.05, 4.69) is 26.7 Å². The Bertz CT molecular complexity index is 952. The molecule has 0 spiro atoms. The molecule has 3 heterocycles. The molecule has 1 saturated heterocycles. The van der Waals surface area contributed by atoms with Crippen molar-refractivity contribution in [2.24, 2.45) is 0 Å². The standard InChI is InChI=1S/C21H25ClN4O2S/c1-25(12-16-9-10-19(28-16)17-7-3-4-8-18(17)22)14-20-23-24-21(29-2)26(20)13-15-6-5-11-27-15/h3-4,7-10,15H,5-6,11-14H2,1-2H3/t15-/m1/s1. The predicted molar refractivity (Wildman–Crippen MR) is 115 cm³/mol. The predicted octanol–water partition coefficient (Wildman–Crippen LogP) is 4.72. The molecule has 29 heavy (non-hydrogen) atoms. The van der Waals surface area contributed by atoms with Crippen molar-refractivity contribution in [2.75, 3.05) is 19.9 Å². The molecular formula is C21H25ClN4O2S.